The summed E-state index contributed by atoms with van der Waals surface area (Å²) in [5, 5.41) is 0. The first-order valence-corrected chi connectivity index (χ1v) is 8.49. The third-order valence-corrected chi connectivity index (χ3v) is 4.75. The predicted octanol–water partition coefficient (Wildman–Crippen LogP) is 3.68. The normalized spacial score (nSPS) is 21.0. The molecular formula is C21H24O4. The second-order valence-electron chi connectivity index (χ2n) is 6.86. The summed E-state index contributed by atoms with van der Waals surface area (Å²) in [4.78, 5) is 8.00. The summed E-state index contributed by atoms with van der Waals surface area (Å²) >= 11 is 0. The maximum atomic E-state index is 8.00. The van der Waals surface area contributed by atoms with Crippen molar-refractivity contribution < 1.29 is 19.0 Å². The van der Waals surface area contributed by atoms with Crippen LogP contribution in [0.25, 0.3) is 0 Å². The molecule has 2 heterocycles. The smallest absolute Gasteiger partial charge is 0.119 e. The maximum absolute atomic E-state index is 8.00. The molecule has 2 saturated heterocycles. The van der Waals surface area contributed by atoms with Crippen molar-refractivity contribution in [2.24, 2.45) is 0 Å². The van der Waals surface area contributed by atoms with Crippen LogP contribution >= 0.6 is 0 Å². The molecule has 0 N–H and O–H groups in total. The van der Waals surface area contributed by atoms with Crippen LogP contribution in [0.1, 0.15) is 36.6 Å². The maximum Gasteiger partial charge on any atom is 0.119 e. The Labute approximate surface area is 148 Å². The second-order valence-corrected chi connectivity index (χ2v) is 6.86. The van der Waals surface area contributed by atoms with E-state index in [0.29, 0.717) is 18.8 Å². The summed E-state index contributed by atoms with van der Waals surface area (Å²) in [6.45, 7) is 8.84. The number of carbonyl (C=O) groups excluding carboxylic acids is 1. The van der Waals surface area contributed by atoms with Gasteiger partial charge in [0.1, 0.15) is 31.4 Å². The van der Waals surface area contributed by atoms with Gasteiger partial charge >= 0.3 is 0 Å². The summed E-state index contributed by atoms with van der Waals surface area (Å²) in [7, 11) is 0. The molecule has 0 aromatic heterocycles. The molecule has 4 nitrogen and oxygen atoms in total. The van der Waals surface area contributed by atoms with E-state index in [-0.39, 0.29) is 5.41 Å². The Balaban J connectivity index is 0.000000880. The molecule has 25 heavy (non-hydrogen) atoms. The Morgan fingerprint density at radius 3 is 1.96 bits per heavy atom. The number of epoxide rings is 2. The summed E-state index contributed by atoms with van der Waals surface area (Å²) in [6.07, 6.45) is 0.610. The van der Waals surface area contributed by atoms with Crippen molar-refractivity contribution in [2.45, 2.75) is 31.5 Å². The van der Waals surface area contributed by atoms with Crippen LogP contribution in [0.15, 0.2) is 48.5 Å². The molecule has 2 aliphatic heterocycles. The standard InChI is InChI=1S/C20H22O3.CH2O/c1-20(2,15-5-3-14(4-6-15)19-13-23-19)16-7-9-17(10-8-16)21-11-18-12-22-18;1-2/h3-10,18-19H,11-13H2,1-2H3;1H2. The summed E-state index contributed by atoms with van der Waals surface area (Å²) in [5.41, 5.74) is 3.82. The van der Waals surface area contributed by atoms with Gasteiger partial charge in [0.15, 0.2) is 0 Å². The number of ether oxygens (including phenoxy) is 3. The van der Waals surface area contributed by atoms with Crippen molar-refractivity contribution in [1.29, 1.82) is 0 Å². The molecule has 0 spiro atoms. The third kappa shape index (κ3) is 4.27. The number of carbonyl (C=O) groups is 1. The van der Waals surface area contributed by atoms with Crippen LogP contribution in [0.5, 0.6) is 5.75 Å². The monoisotopic (exact) mass is 340 g/mol. The minimum atomic E-state index is -0.0406. The van der Waals surface area contributed by atoms with E-state index >= 15 is 0 Å². The molecule has 2 aromatic carbocycles. The number of hydrogen-bond donors (Lipinski definition) is 0. The van der Waals surface area contributed by atoms with Gasteiger partial charge in [-0.15, -0.1) is 0 Å². The molecule has 0 aliphatic carbocycles. The van der Waals surface area contributed by atoms with Gasteiger partial charge in [0.25, 0.3) is 0 Å². The summed E-state index contributed by atoms with van der Waals surface area (Å²) in [5.74, 6) is 0.904. The highest BCUT2D eigenvalue weighted by Gasteiger charge is 2.27. The van der Waals surface area contributed by atoms with Crippen LogP contribution < -0.4 is 4.74 Å². The zero-order chi connectivity index (χ0) is 17.9. The highest BCUT2D eigenvalue weighted by molar-refractivity contribution is 5.41. The third-order valence-electron chi connectivity index (χ3n) is 4.75. The molecule has 0 amide bonds. The van der Waals surface area contributed by atoms with E-state index in [0.717, 1.165) is 19.0 Å². The minimum absolute atomic E-state index is 0.0406. The highest BCUT2D eigenvalue weighted by Crippen LogP contribution is 2.35. The molecule has 2 aliphatic rings. The molecular weight excluding hydrogens is 316 g/mol. The van der Waals surface area contributed by atoms with E-state index in [4.69, 9.17) is 19.0 Å². The molecule has 0 radical (unpaired) electrons. The highest BCUT2D eigenvalue weighted by atomic mass is 16.6. The SMILES string of the molecule is C=O.CC(C)(c1ccc(OCC2CO2)cc1)c1ccc(C2CO2)cc1. The first-order chi connectivity index (χ1) is 12.1. The van der Waals surface area contributed by atoms with E-state index in [1.165, 1.54) is 16.7 Å². The van der Waals surface area contributed by atoms with Crippen LogP contribution in [0.4, 0.5) is 0 Å². The van der Waals surface area contributed by atoms with Gasteiger partial charge in [-0.25, -0.2) is 0 Å². The summed E-state index contributed by atoms with van der Waals surface area (Å²) < 4.78 is 16.2. The topological polar surface area (TPSA) is 51.4 Å². The van der Waals surface area contributed by atoms with E-state index in [9.17, 15) is 0 Å². The average molecular weight is 340 g/mol. The lowest BCUT2D eigenvalue weighted by Gasteiger charge is -2.26. The van der Waals surface area contributed by atoms with Crippen LogP contribution in [0.2, 0.25) is 0 Å². The Morgan fingerprint density at radius 1 is 0.960 bits per heavy atom. The molecule has 2 aromatic rings. The van der Waals surface area contributed by atoms with Gasteiger partial charge in [-0.3, -0.25) is 0 Å². The second kappa shape index (κ2) is 7.38. The van der Waals surface area contributed by atoms with Crippen molar-refractivity contribution in [3.8, 4) is 5.75 Å². The molecule has 2 unspecified atom stereocenters. The summed E-state index contributed by atoms with van der Waals surface area (Å²) in [6, 6.07) is 17.2. The van der Waals surface area contributed by atoms with Crippen molar-refractivity contribution >= 4 is 6.79 Å². The van der Waals surface area contributed by atoms with Crippen LogP contribution in [-0.4, -0.2) is 32.7 Å². The lowest BCUT2D eigenvalue weighted by atomic mass is 9.78. The van der Waals surface area contributed by atoms with E-state index in [1.54, 1.807) is 0 Å². The molecule has 2 atom stereocenters. The van der Waals surface area contributed by atoms with Crippen molar-refractivity contribution in [3.05, 3.63) is 65.2 Å². The average Bonchev–Trinajstić information content (AvgIpc) is 3.56. The van der Waals surface area contributed by atoms with Gasteiger partial charge in [-0.1, -0.05) is 50.2 Å². The van der Waals surface area contributed by atoms with Crippen LogP contribution in [0, 0.1) is 0 Å². The van der Waals surface area contributed by atoms with Crippen LogP contribution in [0.3, 0.4) is 0 Å². The van der Waals surface area contributed by atoms with Gasteiger partial charge in [-0.05, 0) is 28.8 Å². The number of benzene rings is 2. The zero-order valence-corrected chi connectivity index (χ0v) is 14.7. The van der Waals surface area contributed by atoms with Crippen LogP contribution in [-0.2, 0) is 19.7 Å². The first-order valence-electron chi connectivity index (χ1n) is 8.49. The Kier molecular flexibility index (Phi) is 5.21. The van der Waals surface area contributed by atoms with Crippen molar-refractivity contribution in [3.63, 3.8) is 0 Å². The minimum Gasteiger partial charge on any atom is -0.491 e. The lowest BCUT2D eigenvalue weighted by molar-refractivity contribution is -0.0979. The predicted molar refractivity (Wildman–Crippen MR) is 96.1 cm³/mol. The largest absolute Gasteiger partial charge is 0.491 e. The molecule has 2 fully saturated rings. The Bertz CT molecular complexity index is 683. The van der Waals surface area contributed by atoms with E-state index in [2.05, 4.69) is 50.2 Å². The van der Waals surface area contributed by atoms with Gasteiger partial charge in [0, 0.05) is 5.41 Å². The fourth-order valence-corrected chi connectivity index (χ4v) is 2.84. The Morgan fingerprint density at radius 2 is 1.48 bits per heavy atom. The zero-order valence-electron chi connectivity index (χ0n) is 14.7. The van der Waals surface area contributed by atoms with Gasteiger partial charge < -0.3 is 19.0 Å². The van der Waals surface area contributed by atoms with Gasteiger partial charge in [0.2, 0.25) is 0 Å². The fraction of sp³-hybridized carbons (Fsp3) is 0.381. The number of hydrogen-bond acceptors (Lipinski definition) is 4. The van der Waals surface area contributed by atoms with Crippen molar-refractivity contribution in [2.75, 3.05) is 19.8 Å². The molecule has 4 heteroatoms. The Hall–Kier alpha value is -2.17. The fourth-order valence-electron chi connectivity index (χ4n) is 2.84. The molecule has 4 rings (SSSR count). The molecule has 0 bridgehead atoms. The molecule has 0 saturated carbocycles. The van der Waals surface area contributed by atoms with Gasteiger partial charge in [-0.2, -0.15) is 0 Å². The quantitative estimate of drug-likeness (QED) is 0.753. The molecule has 132 valence electrons. The van der Waals surface area contributed by atoms with E-state index in [1.807, 2.05) is 18.9 Å². The van der Waals surface area contributed by atoms with E-state index < -0.39 is 0 Å². The van der Waals surface area contributed by atoms with Crippen molar-refractivity contribution in [1.82, 2.24) is 0 Å². The lowest BCUT2D eigenvalue weighted by Crippen LogP contribution is -2.18. The number of rotatable bonds is 6. The van der Waals surface area contributed by atoms with Gasteiger partial charge in [0.05, 0.1) is 13.2 Å². The first kappa shape index (κ1) is 17.6.